The number of allylic oxidation sites excluding steroid dienone is 12. The van der Waals surface area contributed by atoms with Crippen molar-refractivity contribution in [3.8, 4) is 0 Å². The zero-order valence-electron chi connectivity index (χ0n) is 45.0. The zero-order valence-corrected chi connectivity index (χ0v) is 45.0. The minimum Gasteiger partial charge on any atom is -0.285 e. The first-order valence-corrected chi connectivity index (χ1v) is 31.6. The Morgan fingerprint density at radius 1 is 0.320 bits per heavy atom. The highest BCUT2D eigenvalue weighted by molar-refractivity contribution is 6.22. The average molecular weight is 1010 g/mol. The van der Waals surface area contributed by atoms with Crippen molar-refractivity contribution in [3.05, 3.63) is 103 Å². The lowest BCUT2D eigenvalue weighted by Gasteiger charge is -2.37. The van der Waals surface area contributed by atoms with Gasteiger partial charge in [0.1, 0.15) is 0 Å². The first-order chi connectivity index (χ1) is 36.8. The molecule has 0 aromatic heterocycles. The quantitative estimate of drug-likeness (QED) is 0.208. The molecule has 17 aliphatic carbocycles. The molecule has 1 aromatic rings. The predicted molar refractivity (Wildman–Crippen MR) is 295 cm³/mol. The largest absolute Gasteiger partial charge is 0.285 e. The third kappa shape index (κ3) is 7.84. The van der Waals surface area contributed by atoms with E-state index in [0.717, 1.165) is 119 Å². The number of amides is 4. The van der Waals surface area contributed by atoms with E-state index in [9.17, 15) is 19.2 Å². The van der Waals surface area contributed by atoms with Gasteiger partial charge in [0.25, 0.3) is 0 Å². The lowest BCUT2D eigenvalue weighted by Crippen LogP contribution is -2.32. The Kier molecular flexibility index (Phi) is 12.2. The molecule has 2 aliphatic heterocycles. The maximum atomic E-state index is 12.5. The monoisotopic (exact) mass is 1010 g/mol. The summed E-state index contributed by atoms with van der Waals surface area (Å²) in [5, 5.41) is 0. The van der Waals surface area contributed by atoms with E-state index in [1.807, 2.05) is 30.3 Å². The minimum atomic E-state index is -0.104. The third-order valence-corrected chi connectivity index (χ3v) is 25.5. The second kappa shape index (κ2) is 19.1. The lowest BCUT2D eigenvalue weighted by atomic mass is 9.68. The molecule has 0 spiro atoms. The Hall–Kier alpha value is -4.06. The number of imide groups is 2. The maximum absolute atomic E-state index is 12.5. The fourth-order valence-corrected chi connectivity index (χ4v) is 22.2. The molecule has 75 heavy (non-hydrogen) atoms. The normalized spacial score (nSPS) is 50.2. The lowest BCUT2D eigenvalue weighted by molar-refractivity contribution is -0.139. The molecular formula is C69H86N2O4. The molecule has 20 rings (SSSR count). The van der Waals surface area contributed by atoms with Gasteiger partial charge in [-0.15, -0.1) is 0 Å². The van der Waals surface area contributed by atoms with Gasteiger partial charge in [-0.2, -0.15) is 0 Å². The molecular weight excluding hydrogens is 921 g/mol. The van der Waals surface area contributed by atoms with E-state index in [1.165, 1.54) is 106 Å². The number of benzene rings is 1. The SMILES string of the molecule is C1=CC2CC1C1CC3CCCCC3C21.C1=CC2CC1C1CCC21.C1=CC2CC1C1CCCC21.C1=CC2CC1C1CCCCC21.CN1C(=O)C2C3C=CC(C3)C2C1=O.O=C1C2C3C=CC(C3)C2C(=O)N1c1ccccc1. The molecule has 26 unspecified atom stereocenters. The molecule has 6 nitrogen and oxygen atoms in total. The number of rotatable bonds is 1. The van der Waals surface area contributed by atoms with Crippen LogP contribution >= 0.6 is 0 Å². The van der Waals surface area contributed by atoms with Crippen LogP contribution in [0.1, 0.15) is 128 Å². The summed E-state index contributed by atoms with van der Waals surface area (Å²) in [7, 11) is 1.60. The van der Waals surface area contributed by atoms with Crippen LogP contribution in [0.5, 0.6) is 0 Å². The number of hydrogen-bond acceptors (Lipinski definition) is 4. The first-order valence-electron chi connectivity index (χ1n) is 31.6. The Morgan fingerprint density at radius 3 is 1.09 bits per heavy atom. The van der Waals surface area contributed by atoms with Crippen molar-refractivity contribution in [1.29, 1.82) is 0 Å². The second-order valence-corrected chi connectivity index (χ2v) is 28.3. The summed E-state index contributed by atoms with van der Waals surface area (Å²) in [6.45, 7) is 0. The Labute approximate surface area is 448 Å². The van der Waals surface area contributed by atoms with E-state index in [2.05, 4.69) is 72.9 Å². The first kappa shape index (κ1) is 48.1. The average Bonchev–Trinajstić information content (AvgIpc) is 4.28. The van der Waals surface area contributed by atoms with Crippen LogP contribution in [0, 0.1) is 154 Å². The molecule has 0 N–H and O–H groups in total. The van der Waals surface area contributed by atoms with Crippen LogP contribution in [0.4, 0.5) is 5.69 Å². The van der Waals surface area contributed by atoms with Gasteiger partial charge in [-0.1, -0.05) is 130 Å². The van der Waals surface area contributed by atoms with Crippen molar-refractivity contribution in [2.45, 2.75) is 128 Å². The number of nitrogens with zero attached hydrogens (tertiary/aromatic N) is 2. The smallest absolute Gasteiger partial charge is 0.238 e. The van der Waals surface area contributed by atoms with E-state index >= 15 is 0 Å². The van der Waals surface area contributed by atoms with Gasteiger partial charge in [-0.05, 0) is 232 Å². The van der Waals surface area contributed by atoms with Crippen molar-refractivity contribution in [2.75, 3.05) is 11.9 Å². The van der Waals surface area contributed by atoms with Crippen molar-refractivity contribution in [3.63, 3.8) is 0 Å². The third-order valence-electron chi connectivity index (χ3n) is 25.5. The van der Waals surface area contributed by atoms with Crippen LogP contribution in [0.15, 0.2) is 103 Å². The van der Waals surface area contributed by atoms with Gasteiger partial charge in [0.15, 0.2) is 0 Å². The molecule has 11 saturated carbocycles. The van der Waals surface area contributed by atoms with Gasteiger partial charge in [-0.3, -0.25) is 29.0 Å². The van der Waals surface area contributed by atoms with Crippen molar-refractivity contribution < 1.29 is 19.2 Å². The molecule has 0 radical (unpaired) electrons. The summed E-state index contributed by atoms with van der Waals surface area (Å²) in [5.41, 5.74) is 0.710. The summed E-state index contributed by atoms with van der Waals surface area (Å²) in [6.07, 6.45) is 58.1. The molecule has 12 bridgehead atoms. The fraction of sp³-hybridized carbons (Fsp3) is 0.681. The number of fused-ring (bicyclic) bond motifs is 32. The van der Waals surface area contributed by atoms with E-state index in [0.29, 0.717) is 17.5 Å². The van der Waals surface area contributed by atoms with E-state index < -0.39 is 0 Å². The summed E-state index contributed by atoms with van der Waals surface area (Å²) in [6, 6.07) is 9.26. The Bertz CT molecular complexity index is 2490. The van der Waals surface area contributed by atoms with Gasteiger partial charge in [0.05, 0.1) is 29.4 Å². The highest BCUT2D eigenvalue weighted by atomic mass is 16.2. The van der Waals surface area contributed by atoms with Crippen LogP contribution in [0.25, 0.3) is 0 Å². The Morgan fingerprint density at radius 2 is 0.653 bits per heavy atom. The molecule has 6 heteroatoms. The molecule has 4 amide bonds. The summed E-state index contributed by atoms with van der Waals surface area (Å²) < 4.78 is 0. The van der Waals surface area contributed by atoms with E-state index in [-0.39, 0.29) is 59.1 Å². The predicted octanol–water partition coefficient (Wildman–Crippen LogP) is 13.9. The van der Waals surface area contributed by atoms with Gasteiger partial charge in [0, 0.05) is 7.05 Å². The van der Waals surface area contributed by atoms with Crippen LogP contribution in [-0.4, -0.2) is 35.6 Å². The number of para-hydroxylation sites is 1. The van der Waals surface area contributed by atoms with Gasteiger partial charge in [-0.25, -0.2) is 0 Å². The van der Waals surface area contributed by atoms with Crippen molar-refractivity contribution in [1.82, 2.24) is 4.90 Å². The molecule has 396 valence electrons. The molecule has 19 aliphatic rings. The van der Waals surface area contributed by atoms with Crippen LogP contribution in [-0.2, 0) is 19.2 Å². The molecule has 13 fully saturated rings. The summed E-state index contributed by atoms with van der Waals surface area (Å²) in [4.78, 5) is 50.9. The topological polar surface area (TPSA) is 74.8 Å². The number of carbonyl (C=O) groups excluding carboxylic acids is 4. The highest BCUT2D eigenvalue weighted by Crippen LogP contribution is 2.63. The summed E-state index contributed by atoms with van der Waals surface area (Å²) in [5.74, 6) is 20.4. The standard InChI is InChI=1S/C15H13NO2.C14H20.C11H16.C10H11NO2.C10H14.C9H12/c17-14-12-9-6-7-10(8-9)13(12)15(18)16(14)11-4-2-1-3-5-11;1-2-4-12-9(3-1)8-13-10-5-6-11(7-10)14(12)13;1-2-4-11-9-6-5-8(7-9)10(11)3-1;1-11-9(12)7-5-2-3-6(4-5)8(7)10(11)13;1-2-9-7-4-5-8(6-7)10(9)3-1;1-2-7-5-6(1)8-3-4-9(7)8/h1-7,9-10,12-13H,8H2;5-6,9-14H,1-4,7-8H2;5-6,8-11H,1-4,7H2;2-3,5-8H,4H2,1H3;4-5,7-10H,1-3,6H2;1-2,6-9H,3-5H2. The van der Waals surface area contributed by atoms with Gasteiger partial charge < -0.3 is 0 Å². The molecule has 2 heterocycles. The number of hydrogen-bond donors (Lipinski definition) is 0. The minimum absolute atomic E-state index is 0.00644. The molecule has 26 atom stereocenters. The molecule has 2 saturated heterocycles. The number of anilines is 1. The van der Waals surface area contributed by atoms with Crippen molar-refractivity contribution >= 4 is 29.3 Å². The van der Waals surface area contributed by atoms with Crippen LogP contribution < -0.4 is 4.90 Å². The van der Waals surface area contributed by atoms with Gasteiger partial charge in [0.2, 0.25) is 23.6 Å². The van der Waals surface area contributed by atoms with E-state index in [4.69, 9.17) is 0 Å². The van der Waals surface area contributed by atoms with Crippen LogP contribution in [0.2, 0.25) is 0 Å². The number of carbonyl (C=O) groups is 4. The molecule has 1 aromatic carbocycles. The fourth-order valence-electron chi connectivity index (χ4n) is 22.2. The maximum Gasteiger partial charge on any atom is 0.238 e. The highest BCUT2D eigenvalue weighted by Gasteiger charge is 2.61. The zero-order chi connectivity index (χ0) is 50.2. The van der Waals surface area contributed by atoms with E-state index in [1.54, 1.807) is 26.3 Å². The Balaban J connectivity index is 0.0000000803. The van der Waals surface area contributed by atoms with Crippen molar-refractivity contribution in [2.24, 2.45) is 154 Å². The summed E-state index contributed by atoms with van der Waals surface area (Å²) >= 11 is 0. The second-order valence-electron chi connectivity index (χ2n) is 28.3. The van der Waals surface area contributed by atoms with Gasteiger partial charge >= 0.3 is 0 Å². The number of likely N-dealkylation sites (tertiary alicyclic amines) is 1. The van der Waals surface area contributed by atoms with Crippen LogP contribution in [0.3, 0.4) is 0 Å².